The number of amides is 1. The zero-order valence-corrected chi connectivity index (χ0v) is 18.4. The summed E-state index contributed by atoms with van der Waals surface area (Å²) in [6, 6.07) is 15.6. The Labute approximate surface area is 182 Å². The van der Waals surface area contributed by atoms with E-state index in [4.69, 9.17) is 21.6 Å². The lowest BCUT2D eigenvalue weighted by molar-refractivity contribution is 0.0763. The van der Waals surface area contributed by atoms with Crippen LogP contribution < -0.4 is 0 Å². The van der Waals surface area contributed by atoms with Gasteiger partial charge in [0.25, 0.3) is 5.91 Å². The van der Waals surface area contributed by atoms with E-state index >= 15 is 0 Å². The monoisotopic (exact) mass is 419 g/mol. The highest BCUT2D eigenvalue weighted by Crippen LogP contribution is 2.29. The van der Waals surface area contributed by atoms with Crippen LogP contribution in [0.25, 0.3) is 11.3 Å². The van der Waals surface area contributed by atoms with Crippen molar-refractivity contribution in [2.24, 2.45) is 0 Å². The molecule has 0 spiro atoms. The molecule has 2 heterocycles. The van der Waals surface area contributed by atoms with Crippen molar-refractivity contribution < 1.29 is 4.79 Å². The predicted octanol–water partition coefficient (Wildman–Crippen LogP) is 5.47. The third kappa shape index (κ3) is 4.24. The first-order valence-corrected chi connectivity index (χ1v) is 10.8. The van der Waals surface area contributed by atoms with Crippen molar-refractivity contribution >= 4 is 17.5 Å². The summed E-state index contributed by atoms with van der Waals surface area (Å²) in [6.45, 7) is 7.56. The lowest BCUT2D eigenvalue weighted by Crippen LogP contribution is -2.33. The Balaban J connectivity index is 1.68. The number of aromatic nitrogens is 2. The molecule has 4 rings (SSSR count). The van der Waals surface area contributed by atoms with E-state index in [2.05, 4.69) is 13.8 Å². The number of benzene rings is 2. The fraction of sp³-hybridized carbons (Fsp3) is 0.320. The van der Waals surface area contributed by atoms with E-state index in [1.165, 1.54) is 0 Å². The molecule has 0 N–H and O–H groups in total. The van der Waals surface area contributed by atoms with Crippen LogP contribution in [-0.4, -0.2) is 33.9 Å². The summed E-state index contributed by atoms with van der Waals surface area (Å²) < 4.78 is 0. The van der Waals surface area contributed by atoms with Crippen LogP contribution in [0.1, 0.15) is 52.8 Å². The average molecular weight is 420 g/mol. The molecule has 0 saturated carbocycles. The van der Waals surface area contributed by atoms with E-state index in [9.17, 15) is 4.79 Å². The summed E-state index contributed by atoms with van der Waals surface area (Å²) in [6.07, 6.45) is 1.47. The summed E-state index contributed by atoms with van der Waals surface area (Å²) in [7, 11) is 0. The van der Waals surface area contributed by atoms with Crippen molar-refractivity contribution in [2.45, 2.75) is 39.5 Å². The number of fused-ring (bicyclic) bond motifs is 1. The highest BCUT2D eigenvalue weighted by atomic mass is 35.5. The summed E-state index contributed by atoms with van der Waals surface area (Å²) >= 11 is 6.10. The molecule has 4 nitrogen and oxygen atoms in total. The SMILES string of the molecule is Cc1ccc(C(=O)N2CCc3nc(C(C)C)nc(-c4ccc(Cl)cc4)c3CC2)cc1. The van der Waals surface area contributed by atoms with Crippen LogP contribution in [0.2, 0.25) is 5.02 Å². The van der Waals surface area contributed by atoms with Gasteiger partial charge in [0, 0.05) is 52.8 Å². The van der Waals surface area contributed by atoms with Crippen molar-refractivity contribution in [1.29, 1.82) is 0 Å². The van der Waals surface area contributed by atoms with E-state index in [1.807, 2.05) is 60.4 Å². The van der Waals surface area contributed by atoms with Crippen LogP contribution in [0, 0.1) is 6.92 Å². The van der Waals surface area contributed by atoms with Crippen molar-refractivity contribution in [3.05, 3.63) is 81.8 Å². The first kappa shape index (κ1) is 20.5. The van der Waals surface area contributed by atoms with Crippen LogP contribution in [0.15, 0.2) is 48.5 Å². The van der Waals surface area contributed by atoms with Crippen LogP contribution >= 0.6 is 11.6 Å². The van der Waals surface area contributed by atoms with Crippen LogP contribution in [0.3, 0.4) is 0 Å². The van der Waals surface area contributed by atoms with Gasteiger partial charge in [-0.1, -0.05) is 55.3 Å². The maximum atomic E-state index is 13.1. The van der Waals surface area contributed by atoms with E-state index in [-0.39, 0.29) is 11.8 Å². The Morgan fingerprint density at radius 1 is 0.967 bits per heavy atom. The number of aryl methyl sites for hydroxylation is 1. The van der Waals surface area contributed by atoms with Crippen molar-refractivity contribution in [1.82, 2.24) is 14.9 Å². The molecule has 1 aromatic heterocycles. The van der Waals surface area contributed by atoms with Gasteiger partial charge in [-0.15, -0.1) is 0 Å². The van der Waals surface area contributed by atoms with Crippen molar-refractivity contribution in [3.8, 4) is 11.3 Å². The summed E-state index contributed by atoms with van der Waals surface area (Å²) in [5.74, 6) is 1.15. The summed E-state index contributed by atoms with van der Waals surface area (Å²) in [5, 5.41) is 0.706. The van der Waals surface area contributed by atoms with Crippen molar-refractivity contribution in [2.75, 3.05) is 13.1 Å². The first-order valence-electron chi connectivity index (χ1n) is 10.4. The standard InChI is InChI=1S/C25H26ClN3O/c1-16(2)24-27-22-13-15-29(25(30)19-6-4-17(3)5-7-19)14-12-21(22)23(28-24)18-8-10-20(26)11-9-18/h4-11,16H,12-15H2,1-3H3. The molecule has 0 unspecified atom stereocenters. The molecule has 2 aromatic carbocycles. The molecule has 1 aliphatic heterocycles. The highest BCUT2D eigenvalue weighted by Gasteiger charge is 2.24. The molecule has 1 amide bonds. The number of hydrogen-bond acceptors (Lipinski definition) is 3. The largest absolute Gasteiger partial charge is 0.338 e. The van der Waals surface area contributed by atoms with Gasteiger partial charge in [-0.3, -0.25) is 4.79 Å². The fourth-order valence-corrected chi connectivity index (χ4v) is 3.93. The molecule has 0 radical (unpaired) electrons. The molecule has 0 aliphatic carbocycles. The van der Waals surface area contributed by atoms with Crippen molar-refractivity contribution in [3.63, 3.8) is 0 Å². The van der Waals surface area contributed by atoms with Crippen LogP contribution in [0.5, 0.6) is 0 Å². The van der Waals surface area contributed by atoms with Gasteiger partial charge in [-0.2, -0.15) is 0 Å². The molecule has 5 heteroatoms. The second-order valence-corrected chi connectivity index (χ2v) is 8.61. The summed E-state index contributed by atoms with van der Waals surface area (Å²) in [5.41, 5.74) is 6.08. The number of rotatable bonds is 3. The van der Waals surface area contributed by atoms with Crippen LogP contribution in [0.4, 0.5) is 0 Å². The van der Waals surface area contributed by atoms with Crippen LogP contribution in [-0.2, 0) is 12.8 Å². The Kier molecular flexibility index (Phi) is 5.87. The van der Waals surface area contributed by atoms with Gasteiger partial charge >= 0.3 is 0 Å². The molecule has 0 saturated heterocycles. The third-order valence-electron chi connectivity index (χ3n) is 5.58. The zero-order chi connectivity index (χ0) is 21.3. The van der Waals surface area contributed by atoms with E-state index in [1.54, 1.807) is 0 Å². The minimum atomic E-state index is 0.0768. The molecular weight excluding hydrogens is 394 g/mol. The number of halogens is 1. The molecule has 3 aromatic rings. The Bertz CT molecular complexity index is 1060. The van der Waals surface area contributed by atoms with Gasteiger partial charge in [0.1, 0.15) is 5.82 Å². The smallest absolute Gasteiger partial charge is 0.253 e. The minimum absolute atomic E-state index is 0.0768. The number of nitrogens with zero attached hydrogens (tertiary/aromatic N) is 3. The summed E-state index contributed by atoms with van der Waals surface area (Å²) in [4.78, 5) is 24.8. The van der Waals surface area contributed by atoms with E-state index in [0.717, 1.165) is 52.3 Å². The van der Waals surface area contributed by atoms with E-state index in [0.29, 0.717) is 18.1 Å². The third-order valence-corrected chi connectivity index (χ3v) is 5.83. The molecule has 154 valence electrons. The van der Waals surface area contributed by atoms with Gasteiger partial charge < -0.3 is 4.90 Å². The quantitative estimate of drug-likeness (QED) is 0.565. The second-order valence-electron chi connectivity index (χ2n) is 8.18. The van der Waals surface area contributed by atoms with Gasteiger partial charge in [0.15, 0.2) is 0 Å². The maximum absolute atomic E-state index is 13.1. The zero-order valence-electron chi connectivity index (χ0n) is 17.7. The highest BCUT2D eigenvalue weighted by molar-refractivity contribution is 6.30. The normalized spacial score (nSPS) is 13.8. The second kappa shape index (κ2) is 8.57. The average Bonchev–Trinajstić information content (AvgIpc) is 2.96. The molecule has 1 aliphatic rings. The predicted molar refractivity (Wildman–Crippen MR) is 121 cm³/mol. The van der Waals surface area contributed by atoms with Gasteiger partial charge in [0.05, 0.1) is 5.69 Å². The topological polar surface area (TPSA) is 46.1 Å². The lowest BCUT2D eigenvalue weighted by Gasteiger charge is -2.20. The molecular formula is C25H26ClN3O. The van der Waals surface area contributed by atoms with Gasteiger partial charge in [-0.05, 0) is 37.6 Å². The number of hydrogen-bond donors (Lipinski definition) is 0. The Morgan fingerprint density at radius 3 is 2.30 bits per heavy atom. The fourth-order valence-electron chi connectivity index (χ4n) is 3.80. The van der Waals surface area contributed by atoms with Gasteiger partial charge in [-0.25, -0.2) is 9.97 Å². The minimum Gasteiger partial charge on any atom is -0.338 e. The first-order chi connectivity index (χ1) is 14.4. The maximum Gasteiger partial charge on any atom is 0.253 e. The van der Waals surface area contributed by atoms with E-state index < -0.39 is 0 Å². The molecule has 0 bridgehead atoms. The molecule has 0 fully saturated rings. The Hall–Kier alpha value is -2.72. The van der Waals surface area contributed by atoms with Gasteiger partial charge in [0.2, 0.25) is 0 Å². The Morgan fingerprint density at radius 2 is 1.63 bits per heavy atom. The molecule has 0 atom stereocenters. The molecule has 30 heavy (non-hydrogen) atoms. The lowest BCUT2D eigenvalue weighted by atomic mass is 10.00. The number of carbonyl (C=O) groups excluding carboxylic acids is 1. The number of carbonyl (C=O) groups is 1.